The molecule has 2 N–H and O–H groups in total. The Balaban J connectivity index is 1.54. The van der Waals surface area contributed by atoms with Gasteiger partial charge in [-0.3, -0.25) is 14.9 Å². The van der Waals surface area contributed by atoms with Crippen LogP contribution in [0.25, 0.3) is 5.57 Å². The first-order valence-electron chi connectivity index (χ1n) is 10.5. The third-order valence-electron chi connectivity index (χ3n) is 5.59. The van der Waals surface area contributed by atoms with E-state index >= 15 is 0 Å². The van der Waals surface area contributed by atoms with Crippen molar-refractivity contribution in [3.8, 4) is 11.8 Å². The smallest absolute Gasteiger partial charge is 0.260 e. The number of rotatable bonds is 4. The fraction of sp³-hybridized carbons (Fsp3) is 0.280. The summed E-state index contributed by atoms with van der Waals surface area (Å²) in [6.07, 6.45) is 1.64. The number of fused-ring (bicyclic) bond motifs is 1. The number of anilines is 2. The maximum Gasteiger partial charge on any atom is 0.260 e. The van der Waals surface area contributed by atoms with Crippen molar-refractivity contribution < 1.29 is 14.3 Å². The number of amides is 2. The van der Waals surface area contributed by atoms with Crippen LogP contribution in [0.4, 0.5) is 11.4 Å². The quantitative estimate of drug-likeness (QED) is 0.440. The van der Waals surface area contributed by atoms with E-state index in [1.165, 1.54) is 5.69 Å². The SMILES string of the molecule is COCC#Cc1ccc2c(c1)/C(=C/Nc1ccc(N3CCN(C)CC3)cc1)C(=O)NC2=O. The Kier molecular flexibility index (Phi) is 6.55. The van der Waals surface area contributed by atoms with Crippen LogP contribution in [-0.2, 0) is 9.53 Å². The molecule has 2 aromatic rings. The molecular formula is C25H26N4O3. The molecule has 1 saturated heterocycles. The maximum atomic E-state index is 12.5. The highest BCUT2D eigenvalue weighted by atomic mass is 16.5. The normalized spacial score (nSPS) is 17.4. The van der Waals surface area contributed by atoms with Gasteiger partial charge in [0.1, 0.15) is 6.61 Å². The minimum Gasteiger partial charge on any atom is -0.372 e. The lowest BCUT2D eigenvalue weighted by molar-refractivity contribution is -0.114. The molecule has 0 aliphatic carbocycles. The largest absolute Gasteiger partial charge is 0.372 e. The summed E-state index contributed by atoms with van der Waals surface area (Å²) < 4.78 is 4.95. The molecule has 2 aliphatic heterocycles. The van der Waals surface area contributed by atoms with Crippen LogP contribution in [0.3, 0.4) is 0 Å². The first-order chi connectivity index (χ1) is 15.5. The third kappa shape index (κ3) is 4.83. The molecule has 2 heterocycles. The molecule has 0 unspecified atom stereocenters. The molecule has 0 atom stereocenters. The Morgan fingerprint density at radius 2 is 1.78 bits per heavy atom. The van der Waals surface area contributed by atoms with E-state index < -0.39 is 11.8 Å². The van der Waals surface area contributed by atoms with E-state index in [2.05, 4.69) is 51.5 Å². The van der Waals surface area contributed by atoms with Gasteiger partial charge in [0, 0.05) is 67.6 Å². The standard InChI is InChI=1S/C25H26N4O3/c1-28-11-13-29(14-12-28)20-8-6-19(7-9-20)26-17-23-22-16-18(4-3-15-32-2)5-10-21(22)24(30)27-25(23)31/h5-10,16-17,26H,11-15H2,1-2H3,(H,27,30,31)/b23-17-. The van der Waals surface area contributed by atoms with Crippen LogP contribution >= 0.6 is 0 Å². The first-order valence-corrected chi connectivity index (χ1v) is 10.5. The van der Waals surface area contributed by atoms with Crippen molar-refractivity contribution in [2.45, 2.75) is 0 Å². The molecule has 2 aromatic carbocycles. The monoisotopic (exact) mass is 430 g/mol. The van der Waals surface area contributed by atoms with Crippen LogP contribution in [-0.4, -0.2) is 63.7 Å². The fourth-order valence-corrected chi connectivity index (χ4v) is 3.75. The average Bonchev–Trinajstić information content (AvgIpc) is 2.80. The van der Waals surface area contributed by atoms with Crippen molar-refractivity contribution >= 4 is 28.8 Å². The van der Waals surface area contributed by atoms with Gasteiger partial charge in [0.15, 0.2) is 0 Å². The number of imide groups is 1. The Hall–Kier alpha value is -3.60. The molecule has 164 valence electrons. The fourth-order valence-electron chi connectivity index (χ4n) is 3.75. The van der Waals surface area contributed by atoms with Gasteiger partial charge in [0.25, 0.3) is 11.8 Å². The Morgan fingerprint density at radius 1 is 1.03 bits per heavy atom. The van der Waals surface area contributed by atoms with Crippen LogP contribution in [0.5, 0.6) is 0 Å². The van der Waals surface area contributed by atoms with Crippen molar-refractivity contribution in [2.75, 3.05) is 57.2 Å². The average molecular weight is 431 g/mol. The van der Waals surface area contributed by atoms with Crippen LogP contribution in [0.15, 0.2) is 48.7 Å². The van der Waals surface area contributed by atoms with Gasteiger partial charge in [-0.25, -0.2) is 0 Å². The molecule has 0 bridgehead atoms. The van der Waals surface area contributed by atoms with E-state index in [0.29, 0.717) is 28.9 Å². The number of methoxy groups -OCH3 is 1. The third-order valence-corrected chi connectivity index (χ3v) is 5.59. The molecule has 4 rings (SSSR count). The zero-order chi connectivity index (χ0) is 22.5. The molecule has 7 nitrogen and oxygen atoms in total. The number of likely N-dealkylation sites (N-methyl/N-ethyl adjacent to an activating group) is 1. The summed E-state index contributed by atoms with van der Waals surface area (Å²) in [6.45, 7) is 4.43. The summed E-state index contributed by atoms with van der Waals surface area (Å²) in [7, 11) is 3.72. The zero-order valence-corrected chi connectivity index (χ0v) is 18.3. The first kappa shape index (κ1) is 21.6. The lowest BCUT2D eigenvalue weighted by atomic mass is 9.93. The Labute approximate surface area is 188 Å². The molecule has 0 aromatic heterocycles. The topological polar surface area (TPSA) is 73.9 Å². The van der Waals surface area contributed by atoms with E-state index in [9.17, 15) is 9.59 Å². The van der Waals surface area contributed by atoms with Crippen molar-refractivity contribution in [3.05, 3.63) is 65.4 Å². The molecule has 0 spiro atoms. The van der Waals surface area contributed by atoms with Gasteiger partial charge in [-0.15, -0.1) is 0 Å². The molecule has 7 heteroatoms. The molecule has 2 amide bonds. The Morgan fingerprint density at radius 3 is 2.50 bits per heavy atom. The number of nitrogens with one attached hydrogen (secondary N) is 2. The second kappa shape index (κ2) is 9.69. The molecule has 0 saturated carbocycles. The Bertz CT molecular complexity index is 1100. The highest BCUT2D eigenvalue weighted by Gasteiger charge is 2.27. The number of hydrogen-bond acceptors (Lipinski definition) is 6. The summed E-state index contributed by atoms with van der Waals surface area (Å²) in [5.74, 6) is 5.03. The van der Waals surface area contributed by atoms with Gasteiger partial charge in [-0.2, -0.15) is 0 Å². The van der Waals surface area contributed by atoms with E-state index in [-0.39, 0.29) is 0 Å². The van der Waals surface area contributed by atoms with Crippen molar-refractivity contribution in [2.24, 2.45) is 0 Å². The van der Waals surface area contributed by atoms with Crippen molar-refractivity contribution in [1.29, 1.82) is 0 Å². The molecular weight excluding hydrogens is 404 g/mol. The van der Waals surface area contributed by atoms with Crippen LogP contribution in [0.1, 0.15) is 21.5 Å². The summed E-state index contributed by atoms with van der Waals surface area (Å²) in [5, 5.41) is 5.59. The van der Waals surface area contributed by atoms with Gasteiger partial charge < -0.3 is 19.9 Å². The van der Waals surface area contributed by atoms with Crippen LogP contribution in [0, 0.1) is 11.8 Å². The number of carbonyl (C=O) groups is 2. The zero-order valence-electron chi connectivity index (χ0n) is 18.3. The molecule has 2 aliphatic rings. The molecule has 32 heavy (non-hydrogen) atoms. The van der Waals surface area contributed by atoms with E-state index in [1.807, 2.05) is 12.1 Å². The summed E-state index contributed by atoms with van der Waals surface area (Å²) in [5.41, 5.74) is 4.15. The van der Waals surface area contributed by atoms with Crippen molar-refractivity contribution in [1.82, 2.24) is 10.2 Å². The molecule has 1 fully saturated rings. The van der Waals surface area contributed by atoms with Gasteiger partial charge in [0.05, 0.1) is 5.57 Å². The van der Waals surface area contributed by atoms with Gasteiger partial charge >= 0.3 is 0 Å². The minimum absolute atomic E-state index is 0.310. The number of ether oxygens (including phenoxy) is 1. The summed E-state index contributed by atoms with van der Waals surface area (Å²) in [6, 6.07) is 13.3. The predicted octanol–water partition coefficient (Wildman–Crippen LogP) is 2.16. The highest BCUT2D eigenvalue weighted by molar-refractivity contribution is 6.31. The van der Waals surface area contributed by atoms with Crippen LogP contribution in [0.2, 0.25) is 0 Å². The number of piperazine rings is 1. The number of hydrogen-bond donors (Lipinski definition) is 2. The van der Waals surface area contributed by atoms with Gasteiger partial charge in [-0.1, -0.05) is 11.8 Å². The van der Waals surface area contributed by atoms with Crippen LogP contribution < -0.4 is 15.5 Å². The number of benzene rings is 2. The lowest BCUT2D eigenvalue weighted by Crippen LogP contribution is -2.44. The van der Waals surface area contributed by atoms with E-state index in [1.54, 1.807) is 31.5 Å². The second-order valence-corrected chi connectivity index (χ2v) is 7.82. The number of carbonyl (C=O) groups excluding carboxylic acids is 2. The van der Waals surface area contributed by atoms with E-state index in [0.717, 1.165) is 31.9 Å². The van der Waals surface area contributed by atoms with Crippen molar-refractivity contribution in [3.63, 3.8) is 0 Å². The minimum atomic E-state index is -0.439. The molecule has 0 radical (unpaired) electrons. The van der Waals surface area contributed by atoms with Gasteiger partial charge in [-0.05, 0) is 49.5 Å². The summed E-state index contributed by atoms with van der Waals surface area (Å²) in [4.78, 5) is 29.5. The number of nitrogens with zero attached hydrogens (tertiary/aromatic N) is 2. The van der Waals surface area contributed by atoms with E-state index in [4.69, 9.17) is 4.74 Å². The summed E-state index contributed by atoms with van der Waals surface area (Å²) >= 11 is 0. The highest BCUT2D eigenvalue weighted by Crippen LogP contribution is 2.26. The lowest BCUT2D eigenvalue weighted by Gasteiger charge is -2.34. The predicted molar refractivity (Wildman–Crippen MR) is 125 cm³/mol. The maximum absolute atomic E-state index is 12.5. The van der Waals surface area contributed by atoms with Gasteiger partial charge in [0.2, 0.25) is 0 Å². The second-order valence-electron chi connectivity index (χ2n) is 7.82.